The van der Waals surface area contributed by atoms with Gasteiger partial charge in [-0.05, 0) is 47.2 Å². The van der Waals surface area contributed by atoms with E-state index in [-0.39, 0.29) is 5.91 Å². The number of hydrogen-bond donors (Lipinski definition) is 0. The Bertz CT molecular complexity index is 764. The molecule has 5 heteroatoms. The van der Waals surface area contributed by atoms with Crippen LogP contribution in [0.3, 0.4) is 0 Å². The highest BCUT2D eigenvalue weighted by Crippen LogP contribution is 2.19. The fourth-order valence-corrected chi connectivity index (χ4v) is 3.69. The van der Waals surface area contributed by atoms with Crippen LogP contribution in [-0.4, -0.2) is 10.8 Å². The molecule has 0 atom stereocenters. The largest absolute Gasteiger partial charge is 0.328 e. The molecule has 0 spiro atoms. The van der Waals surface area contributed by atoms with E-state index in [1.807, 2.05) is 39.9 Å². The maximum absolute atomic E-state index is 12.8. The molecule has 23 heavy (non-hydrogen) atoms. The van der Waals surface area contributed by atoms with E-state index in [2.05, 4.69) is 6.07 Å². The van der Waals surface area contributed by atoms with Crippen LogP contribution in [0.25, 0.3) is 0 Å². The van der Waals surface area contributed by atoms with Crippen molar-refractivity contribution < 1.29 is 4.79 Å². The van der Waals surface area contributed by atoms with E-state index in [0.717, 1.165) is 9.75 Å². The molecule has 0 radical (unpaired) electrons. The predicted octanol–water partition coefficient (Wildman–Crippen LogP) is 4.52. The van der Waals surface area contributed by atoms with Gasteiger partial charge in [-0.3, -0.25) is 4.79 Å². The number of benzene rings is 1. The number of thiophene rings is 2. The highest BCUT2D eigenvalue weighted by Gasteiger charge is 2.17. The van der Waals surface area contributed by atoms with Crippen LogP contribution >= 0.6 is 22.7 Å². The summed E-state index contributed by atoms with van der Waals surface area (Å²) in [5.74, 6) is -0.0173. The Morgan fingerprint density at radius 3 is 1.96 bits per heavy atom. The molecule has 2 heterocycles. The van der Waals surface area contributed by atoms with E-state index in [4.69, 9.17) is 5.26 Å². The molecule has 0 N–H and O–H groups in total. The van der Waals surface area contributed by atoms with Gasteiger partial charge in [0.2, 0.25) is 0 Å². The quantitative estimate of drug-likeness (QED) is 0.686. The number of carbonyl (C=O) groups excluding carboxylic acids is 1. The lowest BCUT2D eigenvalue weighted by atomic mass is 10.1. The molecule has 0 saturated carbocycles. The van der Waals surface area contributed by atoms with Gasteiger partial charge in [-0.15, -0.1) is 22.7 Å². The Labute approximate surface area is 143 Å². The molecule has 0 unspecified atom stereocenters. The first-order valence-electron chi connectivity index (χ1n) is 7.10. The lowest BCUT2D eigenvalue weighted by molar-refractivity contribution is 0.0733. The highest BCUT2D eigenvalue weighted by molar-refractivity contribution is 7.10. The third-order valence-electron chi connectivity index (χ3n) is 3.40. The zero-order valence-corrected chi connectivity index (χ0v) is 13.9. The monoisotopic (exact) mass is 338 g/mol. The van der Waals surface area contributed by atoms with Gasteiger partial charge < -0.3 is 4.90 Å². The third-order valence-corrected chi connectivity index (χ3v) is 5.12. The van der Waals surface area contributed by atoms with Crippen molar-refractivity contribution in [2.24, 2.45) is 0 Å². The maximum Gasteiger partial charge on any atom is 0.254 e. The van der Waals surface area contributed by atoms with Gasteiger partial charge in [0.1, 0.15) is 0 Å². The van der Waals surface area contributed by atoms with Crippen LogP contribution in [0.1, 0.15) is 25.7 Å². The van der Waals surface area contributed by atoms with Gasteiger partial charge in [-0.2, -0.15) is 5.26 Å². The second-order valence-electron chi connectivity index (χ2n) is 5.01. The molecule has 0 bridgehead atoms. The summed E-state index contributed by atoms with van der Waals surface area (Å²) < 4.78 is 0. The summed E-state index contributed by atoms with van der Waals surface area (Å²) in [6, 6.07) is 16.9. The Morgan fingerprint density at radius 2 is 1.52 bits per heavy atom. The Morgan fingerprint density at radius 1 is 0.957 bits per heavy atom. The summed E-state index contributed by atoms with van der Waals surface area (Å²) in [6.45, 7) is 1.18. The molecule has 114 valence electrons. The van der Waals surface area contributed by atoms with Gasteiger partial charge in [-0.25, -0.2) is 0 Å². The van der Waals surface area contributed by atoms with Crippen molar-refractivity contribution in [1.82, 2.24) is 4.90 Å². The van der Waals surface area contributed by atoms with E-state index in [9.17, 15) is 4.79 Å². The lowest BCUT2D eigenvalue weighted by Gasteiger charge is -2.21. The minimum Gasteiger partial charge on any atom is -0.328 e. The minimum atomic E-state index is -0.0173. The van der Waals surface area contributed by atoms with Gasteiger partial charge >= 0.3 is 0 Å². The Balaban J connectivity index is 1.83. The van der Waals surface area contributed by atoms with Crippen molar-refractivity contribution in [2.45, 2.75) is 13.1 Å². The van der Waals surface area contributed by atoms with Crippen molar-refractivity contribution in [2.75, 3.05) is 0 Å². The normalized spacial score (nSPS) is 10.2. The molecule has 0 aliphatic carbocycles. The van der Waals surface area contributed by atoms with Crippen LogP contribution in [0.5, 0.6) is 0 Å². The number of nitrogens with zero attached hydrogens (tertiary/aromatic N) is 2. The molecule has 3 rings (SSSR count). The van der Waals surface area contributed by atoms with Crippen molar-refractivity contribution in [3.05, 3.63) is 80.2 Å². The summed E-state index contributed by atoms with van der Waals surface area (Å²) in [5.41, 5.74) is 1.17. The van der Waals surface area contributed by atoms with Gasteiger partial charge in [0, 0.05) is 15.3 Å². The van der Waals surface area contributed by atoms with E-state index >= 15 is 0 Å². The number of amides is 1. The van der Waals surface area contributed by atoms with Gasteiger partial charge in [-0.1, -0.05) is 12.1 Å². The molecule has 1 amide bonds. The van der Waals surface area contributed by atoms with Crippen LogP contribution in [0.2, 0.25) is 0 Å². The second-order valence-corrected chi connectivity index (χ2v) is 7.07. The number of nitriles is 1. The number of carbonyl (C=O) groups is 1. The summed E-state index contributed by atoms with van der Waals surface area (Å²) >= 11 is 3.30. The van der Waals surface area contributed by atoms with E-state index < -0.39 is 0 Å². The second kappa shape index (κ2) is 7.23. The fourth-order valence-electron chi connectivity index (χ4n) is 2.25. The minimum absolute atomic E-state index is 0.0173. The molecule has 0 aliphatic heterocycles. The zero-order chi connectivity index (χ0) is 16.1. The smallest absolute Gasteiger partial charge is 0.254 e. The van der Waals surface area contributed by atoms with Crippen molar-refractivity contribution in [1.29, 1.82) is 5.26 Å². The number of hydrogen-bond acceptors (Lipinski definition) is 4. The Hall–Kier alpha value is -2.42. The average molecular weight is 338 g/mol. The molecule has 2 aromatic heterocycles. The van der Waals surface area contributed by atoms with Crippen molar-refractivity contribution in [3.8, 4) is 6.07 Å². The molecular weight excluding hydrogens is 324 g/mol. The van der Waals surface area contributed by atoms with Crippen LogP contribution < -0.4 is 0 Å². The molecule has 0 aliphatic rings. The van der Waals surface area contributed by atoms with Crippen molar-refractivity contribution in [3.63, 3.8) is 0 Å². The first-order valence-corrected chi connectivity index (χ1v) is 8.86. The van der Waals surface area contributed by atoms with Crippen LogP contribution in [0, 0.1) is 11.3 Å². The average Bonchev–Trinajstić information content (AvgIpc) is 3.27. The van der Waals surface area contributed by atoms with Crippen LogP contribution in [0.15, 0.2) is 59.3 Å². The molecule has 1 aromatic carbocycles. The summed E-state index contributed by atoms with van der Waals surface area (Å²) in [5, 5.41) is 12.9. The predicted molar refractivity (Wildman–Crippen MR) is 93.4 cm³/mol. The molecular formula is C18H14N2OS2. The molecule has 3 aromatic rings. The van der Waals surface area contributed by atoms with Crippen LogP contribution in [0.4, 0.5) is 0 Å². The fraction of sp³-hybridized carbons (Fsp3) is 0.111. The van der Waals surface area contributed by atoms with Gasteiger partial charge in [0.15, 0.2) is 0 Å². The molecule has 3 nitrogen and oxygen atoms in total. The standard InChI is InChI=1S/C18H14N2OS2/c19-11-14-5-7-15(8-6-14)18(21)20(12-16-3-1-9-22-16)13-17-4-2-10-23-17/h1-10H,12-13H2. The summed E-state index contributed by atoms with van der Waals surface area (Å²) in [7, 11) is 0. The summed E-state index contributed by atoms with van der Waals surface area (Å²) in [4.78, 5) is 17.0. The molecule has 0 fully saturated rings. The maximum atomic E-state index is 12.8. The first-order chi connectivity index (χ1) is 11.3. The first kappa shape index (κ1) is 15.5. The van der Waals surface area contributed by atoms with E-state index in [1.165, 1.54) is 0 Å². The van der Waals surface area contributed by atoms with Crippen molar-refractivity contribution >= 4 is 28.6 Å². The van der Waals surface area contributed by atoms with E-state index in [1.54, 1.807) is 46.9 Å². The van der Waals surface area contributed by atoms with Gasteiger partial charge in [0.05, 0.1) is 24.7 Å². The lowest BCUT2D eigenvalue weighted by Crippen LogP contribution is -2.29. The van der Waals surface area contributed by atoms with E-state index in [0.29, 0.717) is 24.2 Å². The molecule has 0 saturated heterocycles. The Kier molecular flexibility index (Phi) is 4.86. The SMILES string of the molecule is N#Cc1ccc(C(=O)N(Cc2cccs2)Cc2cccs2)cc1. The number of rotatable bonds is 5. The highest BCUT2D eigenvalue weighted by atomic mass is 32.1. The van der Waals surface area contributed by atoms with Crippen LogP contribution in [-0.2, 0) is 13.1 Å². The topological polar surface area (TPSA) is 44.1 Å². The summed E-state index contributed by atoms with van der Waals surface area (Å²) in [6.07, 6.45) is 0. The van der Waals surface area contributed by atoms with Gasteiger partial charge in [0.25, 0.3) is 5.91 Å². The third kappa shape index (κ3) is 3.86. The zero-order valence-electron chi connectivity index (χ0n) is 12.3.